The fraction of sp³-hybridized carbons (Fsp3) is 0.381. The second-order valence-electron chi connectivity index (χ2n) is 7.87. The van der Waals surface area contributed by atoms with E-state index in [2.05, 4.69) is 23.9 Å². The topological polar surface area (TPSA) is 49.5 Å². The average molecular weight is 390 g/mol. The van der Waals surface area contributed by atoms with Gasteiger partial charge in [-0.15, -0.1) is 0 Å². The molecule has 2 unspecified atom stereocenters. The van der Waals surface area contributed by atoms with Gasteiger partial charge in [-0.2, -0.15) is 0 Å². The molecular formula is C21H21F3N2O2. The maximum absolute atomic E-state index is 13.6. The standard InChI is InChI=1S/C21H21F3N2O2/c1-11-5-12(2)9-26(8-11)10-15-18(27)4-3-14-20(25-28-21(14)15)13-6-16(22)19(24)17(23)7-13/h3-4,6-7,11-12,27H,5,8-10H2,1-2H3. The smallest absolute Gasteiger partial charge is 0.194 e. The highest BCUT2D eigenvalue weighted by molar-refractivity contribution is 5.94. The van der Waals surface area contributed by atoms with Crippen molar-refractivity contribution in [2.45, 2.75) is 26.8 Å². The van der Waals surface area contributed by atoms with Crippen LogP contribution in [-0.4, -0.2) is 28.3 Å². The highest BCUT2D eigenvalue weighted by Crippen LogP contribution is 2.36. The van der Waals surface area contributed by atoms with Gasteiger partial charge in [-0.05, 0) is 42.5 Å². The molecule has 28 heavy (non-hydrogen) atoms. The summed E-state index contributed by atoms with van der Waals surface area (Å²) in [6.45, 7) is 6.71. The summed E-state index contributed by atoms with van der Waals surface area (Å²) >= 11 is 0. The summed E-state index contributed by atoms with van der Waals surface area (Å²) in [5.74, 6) is -2.91. The van der Waals surface area contributed by atoms with E-state index in [0.717, 1.165) is 25.2 Å². The molecule has 0 amide bonds. The van der Waals surface area contributed by atoms with Gasteiger partial charge in [-0.3, -0.25) is 4.90 Å². The van der Waals surface area contributed by atoms with Gasteiger partial charge in [-0.1, -0.05) is 19.0 Å². The average Bonchev–Trinajstić information content (AvgIpc) is 3.05. The Labute approximate surface area is 160 Å². The third-order valence-corrected chi connectivity index (χ3v) is 5.30. The minimum atomic E-state index is -1.52. The van der Waals surface area contributed by atoms with E-state index in [1.54, 1.807) is 6.07 Å². The quantitative estimate of drug-likeness (QED) is 0.633. The van der Waals surface area contributed by atoms with Crippen LogP contribution in [0.2, 0.25) is 0 Å². The Hall–Kier alpha value is -2.54. The number of likely N-dealkylation sites (tertiary alicyclic amines) is 1. The molecule has 1 N–H and O–H groups in total. The number of rotatable bonds is 3. The van der Waals surface area contributed by atoms with Gasteiger partial charge < -0.3 is 9.63 Å². The lowest BCUT2D eigenvalue weighted by molar-refractivity contribution is 0.133. The van der Waals surface area contributed by atoms with Gasteiger partial charge in [0.15, 0.2) is 23.0 Å². The highest BCUT2D eigenvalue weighted by atomic mass is 19.2. The molecule has 2 aromatic carbocycles. The lowest BCUT2D eigenvalue weighted by atomic mass is 9.91. The number of halogens is 3. The molecule has 148 valence electrons. The molecule has 0 bridgehead atoms. The van der Waals surface area contributed by atoms with Gasteiger partial charge >= 0.3 is 0 Å². The van der Waals surface area contributed by atoms with E-state index in [1.807, 2.05) is 0 Å². The Kier molecular flexibility index (Phi) is 4.79. The molecule has 0 radical (unpaired) electrons. The van der Waals surface area contributed by atoms with Crippen molar-refractivity contribution in [1.82, 2.24) is 10.1 Å². The third kappa shape index (κ3) is 3.35. The van der Waals surface area contributed by atoms with Crippen molar-refractivity contribution in [2.75, 3.05) is 13.1 Å². The Morgan fingerprint density at radius 1 is 1.11 bits per heavy atom. The summed E-state index contributed by atoms with van der Waals surface area (Å²) in [6, 6.07) is 4.87. The first-order valence-corrected chi connectivity index (χ1v) is 9.31. The molecule has 0 saturated carbocycles. The lowest BCUT2D eigenvalue weighted by Crippen LogP contribution is -2.38. The normalized spacial score (nSPS) is 20.8. The van der Waals surface area contributed by atoms with E-state index in [4.69, 9.17) is 4.52 Å². The van der Waals surface area contributed by atoms with Crippen molar-refractivity contribution in [3.05, 3.63) is 47.3 Å². The Morgan fingerprint density at radius 2 is 1.75 bits per heavy atom. The molecule has 0 spiro atoms. The van der Waals surface area contributed by atoms with Gasteiger partial charge in [-0.25, -0.2) is 13.2 Å². The van der Waals surface area contributed by atoms with Crippen LogP contribution < -0.4 is 0 Å². The number of aromatic nitrogens is 1. The van der Waals surface area contributed by atoms with Crippen LogP contribution in [0, 0.1) is 29.3 Å². The first kappa shape index (κ1) is 18.8. The van der Waals surface area contributed by atoms with Gasteiger partial charge in [0.1, 0.15) is 11.4 Å². The molecule has 2 atom stereocenters. The molecule has 1 aliphatic heterocycles. The number of phenolic OH excluding ortho intramolecular Hbond substituents is 1. The summed E-state index contributed by atoms with van der Waals surface area (Å²) in [5.41, 5.74) is 1.23. The molecule has 4 nitrogen and oxygen atoms in total. The van der Waals surface area contributed by atoms with Crippen LogP contribution in [0.25, 0.3) is 22.2 Å². The van der Waals surface area contributed by atoms with Crippen LogP contribution in [-0.2, 0) is 6.54 Å². The van der Waals surface area contributed by atoms with Crippen LogP contribution in [0.3, 0.4) is 0 Å². The first-order chi connectivity index (χ1) is 13.3. The molecule has 1 aromatic heterocycles. The van der Waals surface area contributed by atoms with E-state index in [-0.39, 0.29) is 17.0 Å². The Bertz CT molecular complexity index is 1000. The van der Waals surface area contributed by atoms with Crippen molar-refractivity contribution in [1.29, 1.82) is 0 Å². The van der Waals surface area contributed by atoms with Gasteiger partial charge in [0.25, 0.3) is 0 Å². The van der Waals surface area contributed by atoms with E-state index in [0.29, 0.717) is 34.9 Å². The number of hydrogen-bond donors (Lipinski definition) is 1. The maximum Gasteiger partial charge on any atom is 0.194 e. The molecule has 7 heteroatoms. The van der Waals surface area contributed by atoms with Crippen molar-refractivity contribution in [3.63, 3.8) is 0 Å². The van der Waals surface area contributed by atoms with E-state index in [9.17, 15) is 18.3 Å². The fourth-order valence-corrected chi connectivity index (χ4v) is 4.25. The van der Waals surface area contributed by atoms with Crippen molar-refractivity contribution < 1.29 is 22.8 Å². The molecular weight excluding hydrogens is 369 g/mol. The zero-order chi connectivity index (χ0) is 20.0. The van der Waals surface area contributed by atoms with Crippen molar-refractivity contribution in [3.8, 4) is 17.0 Å². The number of benzene rings is 2. The SMILES string of the molecule is CC1CC(C)CN(Cc2c(O)ccc3c(-c4cc(F)c(F)c(F)c4)noc23)C1. The molecule has 3 aromatic rings. The predicted octanol–water partition coefficient (Wildman–Crippen LogP) is 5.10. The van der Waals surface area contributed by atoms with Gasteiger partial charge in [0.05, 0.1) is 10.9 Å². The number of nitrogens with zero attached hydrogens (tertiary/aromatic N) is 2. The van der Waals surface area contributed by atoms with E-state index < -0.39 is 17.5 Å². The predicted molar refractivity (Wildman–Crippen MR) is 99.2 cm³/mol. The minimum absolute atomic E-state index is 0.0759. The van der Waals surface area contributed by atoms with Crippen LogP contribution >= 0.6 is 0 Å². The first-order valence-electron chi connectivity index (χ1n) is 9.31. The monoisotopic (exact) mass is 390 g/mol. The van der Waals surface area contributed by atoms with Crippen LogP contribution in [0.1, 0.15) is 25.8 Å². The van der Waals surface area contributed by atoms with Crippen molar-refractivity contribution >= 4 is 11.0 Å². The molecule has 2 heterocycles. The van der Waals surface area contributed by atoms with Gasteiger partial charge in [0.2, 0.25) is 0 Å². The molecule has 1 aliphatic rings. The second kappa shape index (κ2) is 7.13. The van der Waals surface area contributed by atoms with Crippen LogP contribution in [0.5, 0.6) is 5.75 Å². The number of piperidine rings is 1. The lowest BCUT2D eigenvalue weighted by Gasteiger charge is -2.35. The van der Waals surface area contributed by atoms with Crippen LogP contribution in [0.4, 0.5) is 13.2 Å². The molecule has 1 saturated heterocycles. The van der Waals surface area contributed by atoms with Gasteiger partial charge in [0, 0.05) is 25.2 Å². The van der Waals surface area contributed by atoms with E-state index >= 15 is 0 Å². The fourth-order valence-electron chi connectivity index (χ4n) is 4.25. The highest BCUT2D eigenvalue weighted by Gasteiger charge is 2.25. The van der Waals surface area contributed by atoms with Crippen LogP contribution in [0.15, 0.2) is 28.8 Å². The largest absolute Gasteiger partial charge is 0.507 e. The zero-order valence-electron chi connectivity index (χ0n) is 15.7. The molecule has 0 aliphatic carbocycles. The number of aromatic hydroxyl groups is 1. The summed E-state index contributed by atoms with van der Waals surface area (Å²) < 4.78 is 46.0. The Balaban J connectivity index is 1.75. The Morgan fingerprint density at radius 3 is 2.39 bits per heavy atom. The molecule has 1 fully saturated rings. The summed E-state index contributed by atoms with van der Waals surface area (Å²) in [6.07, 6.45) is 1.17. The third-order valence-electron chi connectivity index (χ3n) is 5.30. The van der Waals surface area contributed by atoms with E-state index in [1.165, 1.54) is 12.5 Å². The maximum atomic E-state index is 13.6. The number of hydrogen-bond acceptors (Lipinski definition) is 4. The number of fused-ring (bicyclic) bond motifs is 1. The summed E-state index contributed by atoms with van der Waals surface area (Å²) in [7, 11) is 0. The molecule has 4 rings (SSSR count). The number of phenols is 1. The summed E-state index contributed by atoms with van der Waals surface area (Å²) in [4.78, 5) is 2.26. The minimum Gasteiger partial charge on any atom is -0.507 e. The second-order valence-corrected chi connectivity index (χ2v) is 7.87. The summed E-state index contributed by atoms with van der Waals surface area (Å²) in [5, 5.41) is 14.8. The van der Waals surface area contributed by atoms with Crippen molar-refractivity contribution in [2.24, 2.45) is 11.8 Å². The zero-order valence-corrected chi connectivity index (χ0v) is 15.7.